The smallest absolute Gasteiger partial charge is 0.153 e. The summed E-state index contributed by atoms with van der Waals surface area (Å²) in [5.74, 6) is 0.371. The Labute approximate surface area is 93.1 Å². The van der Waals surface area contributed by atoms with E-state index in [0.717, 1.165) is 11.1 Å². The number of rotatable bonds is 2. The van der Waals surface area contributed by atoms with Crippen molar-refractivity contribution in [2.45, 2.75) is 19.9 Å². The van der Waals surface area contributed by atoms with Crippen LogP contribution < -0.4 is 5.73 Å². The number of aromatic nitrogens is 1. The van der Waals surface area contributed by atoms with Crippen molar-refractivity contribution >= 4 is 0 Å². The van der Waals surface area contributed by atoms with E-state index in [1.54, 1.807) is 12.1 Å². The molecule has 2 rings (SSSR count). The van der Waals surface area contributed by atoms with Crippen LogP contribution in [0.2, 0.25) is 0 Å². The highest BCUT2D eigenvalue weighted by atomic mass is 19.1. The van der Waals surface area contributed by atoms with E-state index in [9.17, 15) is 4.39 Å². The topological polar surface area (TPSA) is 52.0 Å². The molecule has 0 saturated heterocycles. The highest BCUT2D eigenvalue weighted by molar-refractivity contribution is 5.63. The van der Waals surface area contributed by atoms with E-state index in [0.29, 0.717) is 11.5 Å². The zero-order valence-corrected chi connectivity index (χ0v) is 9.20. The second-order valence-corrected chi connectivity index (χ2v) is 3.86. The molecule has 0 saturated carbocycles. The van der Waals surface area contributed by atoms with Gasteiger partial charge in [0, 0.05) is 11.6 Å². The maximum atomic E-state index is 12.9. The van der Waals surface area contributed by atoms with Gasteiger partial charge in [-0.15, -0.1) is 0 Å². The van der Waals surface area contributed by atoms with Gasteiger partial charge in [0.1, 0.15) is 11.5 Å². The van der Waals surface area contributed by atoms with Gasteiger partial charge in [0.25, 0.3) is 0 Å². The summed E-state index contributed by atoms with van der Waals surface area (Å²) < 4.78 is 18.0. The number of benzene rings is 1. The molecule has 1 aromatic heterocycles. The molecule has 1 unspecified atom stereocenters. The molecule has 0 aliphatic carbocycles. The predicted octanol–water partition coefficient (Wildman–Crippen LogP) is 2.81. The van der Waals surface area contributed by atoms with Crippen molar-refractivity contribution in [3.63, 3.8) is 0 Å². The molecule has 2 aromatic rings. The molecule has 0 fully saturated rings. The minimum atomic E-state index is -0.253. The fourth-order valence-electron chi connectivity index (χ4n) is 1.55. The molecule has 0 aliphatic rings. The van der Waals surface area contributed by atoms with Crippen molar-refractivity contribution in [2.24, 2.45) is 5.73 Å². The number of hydrogen-bond acceptors (Lipinski definition) is 3. The van der Waals surface area contributed by atoms with Crippen LogP contribution in [0.1, 0.15) is 24.3 Å². The fraction of sp³-hybridized carbons (Fsp3) is 0.250. The molecule has 1 atom stereocenters. The Morgan fingerprint density at radius 2 is 2.12 bits per heavy atom. The van der Waals surface area contributed by atoms with Gasteiger partial charge in [0.15, 0.2) is 5.76 Å². The molecule has 1 heterocycles. The van der Waals surface area contributed by atoms with Gasteiger partial charge in [-0.25, -0.2) is 4.39 Å². The molecule has 84 valence electrons. The summed E-state index contributed by atoms with van der Waals surface area (Å²) >= 11 is 0. The molecule has 0 bridgehead atoms. The van der Waals surface area contributed by atoms with Crippen LogP contribution in [0, 0.1) is 12.7 Å². The number of nitrogens with two attached hydrogens (primary N) is 1. The fourth-order valence-corrected chi connectivity index (χ4v) is 1.55. The second-order valence-electron chi connectivity index (χ2n) is 3.86. The van der Waals surface area contributed by atoms with Crippen LogP contribution in [0.5, 0.6) is 0 Å². The summed E-state index contributed by atoms with van der Waals surface area (Å²) in [6, 6.07) is 6.15. The van der Waals surface area contributed by atoms with E-state index in [4.69, 9.17) is 10.3 Å². The summed E-state index contributed by atoms with van der Waals surface area (Å²) in [4.78, 5) is 0. The number of halogens is 1. The number of hydrogen-bond donors (Lipinski definition) is 1. The standard InChI is InChI=1S/C12H13FN2O/c1-7-5-9(13)3-4-10(7)11-6-12(8(2)14)16-15-11/h3-6,8H,14H2,1-2H3. The molecule has 16 heavy (non-hydrogen) atoms. The molecular weight excluding hydrogens is 207 g/mol. The highest BCUT2D eigenvalue weighted by Crippen LogP contribution is 2.25. The lowest BCUT2D eigenvalue weighted by molar-refractivity contribution is 0.369. The van der Waals surface area contributed by atoms with E-state index >= 15 is 0 Å². The zero-order chi connectivity index (χ0) is 11.7. The molecule has 0 spiro atoms. The van der Waals surface area contributed by atoms with E-state index < -0.39 is 0 Å². The van der Waals surface area contributed by atoms with Crippen molar-refractivity contribution < 1.29 is 8.91 Å². The Morgan fingerprint density at radius 1 is 1.38 bits per heavy atom. The van der Waals surface area contributed by atoms with Gasteiger partial charge in [0.2, 0.25) is 0 Å². The highest BCUT2D eigenvalue weighted by Gasteiger charge is 2.11. The molecule has 0 radical (unpaired) electrons. The summed E-state index contributed by atoms with van der Waals surface area (Å²) in [7, 11) is 0. The molecule has 3 nitrogen and oxygen atoms in total. The van der Waals surface area contributed by atoms with Crippen LogP contribution >= 0.6 is 0 Å². The van der Waals surface area contributed by atoms with Crippen molar-refractivity contribution in [1.82, 2.24) is 5.16 Å². The Hall–Kier alpha value is -1.68. The lowest BCUT2D eigenvalue weighted by Crippen LogP contribution is -2.02. The molecule has 0 aliphatic heterocycles. The maximum Gasteiger partial charge on any atom is 0.153 e. The molecular formula is C12H13FN2O. The van der Waals surface area contributed by atoms with Gasteiger partial charge in [-0.1, -0.05) is 5.16 Å². The van der Waals surface area contributed by atoms with Crippen molar-refractivity contribution in [1.29, 1.82) is 0 Å². The summed E-state index contributed by atoms with van der Waals surface area (Å²) in [6.07, 6.45) is 0. The monoisotopic (exact) mass is 220 g/mol. The molecule has 4 heteroatoms. The van der Waals surface area contributed by atoms with Gasteiger partial charge in [-0.05, 0) is 37.6 Å². The Balaban J connectivity index is 2.42. The molecule has 0 amide bonds. The minimum absolute atomic E-state index is 0.193. The average molecular weight is 220 g/mol. The first-order chi connectivity index (χ1) is 7.58. The largest absolute Gasteiger partial charge is 0.359 e. The third-order valence-electron chi connectivity index (χ3n) is 2.44. The first-order valence-electron chi connectivity index (χ1n) is 5.06. The van der Waals surface area contributed by atoms with Gasteiger partial charge in [-0.2, -0.15) is 0 Å². The average Bonchev–Trinajstić information content (AvgIpc) is 2.66. The molecule has 1 aromatic carbocycles. The minimum Gasteiger partial charge on any atom is -0.359 e. The molecule has 2 N–H and O–H groups in total. The van der Waals surface area contributed by atoms with Gasteiger partial charge in [0.05, 0.1) is 6.04 Å². The van der Waals surface area contributed by atoms with Crippen LogP contribution in [-0.2, 0) is 0 Å². The second kappa shape index (κ2) is 4.06. The van der Waals surface area contributed by atoms with Crippen LogP contribution in [0.4, 0.5) is 4.39 Å². The van der Waals surface area contributed by atoms with Crippen molar-refractivity contribution in [3.8, 4) is 11.3 Å². The van der Waals surface area contributed by atoms with Gasteiger partial charge < -0.3 is 10.3 Å². The first-order valence-corrected chi connectivity index (χ1v) is 5.06. The van der Waals surface area contributed by atoms with E-state index in [2.05, 4.69) is 5.16 Å². The van der Waals surface area contributed by atoms with Crippen LogP contribution in [0.15, 0.2) is 28.8 Å². The first kappa shape index (κ1) is 10.8. The van der Waals surface area contributed by atoms with Crippen molar-refractivity contribution in [2.75, 3.05) is 0 Å². The Kier molecular flexibility index (Phi) is 2.75. The number of nitrogens with zero attached hydrogens (tertiary/aromatic N) is 1. The van der Waals surface area contributed by atoms with Crippen LogP contribution in [0.3, 0.4) is 0 Å². The van der Waals surface area contributed by atoms with E-state index in [-0.39, 0.29) is 11.9 Å². The third-order valence-corrected chi connectivity index (χ3v) is 2.44. The maximum absolute atomic E-state index is 12.9. The van der Waals surface area contributed by atoms with Crippen LogP contribution in [0.25, 0.3) is 11.3 Å². The summed E-state index contributed by atoms with van der Waals surface area (Å²) in [5.41, 5.74) is 8.04. The number of aryl methyl sites for hydroxylation is 1. The lowest BCUT2D eigenvalue weighted by Gasteiger charge is -2.00. The zero-order valence-electron chi connectivity index (χ0n) is 9.20. The van der Waals surface area contributed by atoms with Crippen LogP contribution in [-0.4, -0.2) is 5.16 Å². The quantitative estimate of drug-likeness (QED) is 0.846. The Morgan fingerprint density at radius 3 is 2.69 bits per heavy atom. The van der Waals surface area contributed by atoms with Gasteiger partial charge >= 0.3 is 0 Å². The summed E-state index contributed by atoms with van der Waals surface area (Å²) in [5, 5.41) is 3.92. The Bertz CT molecular complexity index is 505. The van der Waals surface area contributed by atoms with E-state index in [1.807, 2.05) is 13.8 Å². The van der Waals surface area contributed by atoms with Crippen molar-refractivity contribution in [3.05, 3.63) is 41.4 Å². The lowest BCUT2D eigenvalue weighted by atomic mass is 10.1. The SMILES string of the molecule is Cc1cc(F)ccc1-c1cc(C(C)N)on1. The normalized spacial score (nSPS) is 12.8. The third kappa shape index (κ3) is 1.97. The summed E-state index contributed by atoms with van der Waals surface area (Å²) in [6.45, 7) is 3.65. The predicted molar refractivity (Wildman–Crippen MR) is 59.2 cm³/mol. The van der Waals surface area contributed by atoms with E-state index in [1.165, 1.54) is 12.1 Å². The van der Waals surface area contributed by atoms with Gasteiger partial charge in [-0.3, -0.25) is 0 Å².